The van der Waals surface area contributed by atoms with E-state index in [0.29, 0.717) is 0 Å². The second-order valence-corrected chi connectivity index (χ2v) is 3.09. The van der Waals surface area contributed by atoms with E-state index in [1.807, 2.05) is 0 Å². The Labute approximate surface area is 90.4 Å². The molecule has 4 nitrogen and oxygen atoms in total. The van der Waals surface area contributed by atoms with Crippen molar-refractivity contribution in [3.63, 3.8) is 0 Å². The lowest BCUT2D eigenvalue weighted by molar-refractivity contribution is -0.389. The average Bonchev–Trinajstić information content (AvgIpc) is 2.15. The van der Waals surface area contributed by atoms with Crippen molar-refractivity contribution in [3.8, 4) is 0 Å². The number of hydrogen-bond donors (Lipinski definition) is 0. The molecule has 0 saturated carbocycles. The quantitative estimate of drug-likeness (QED) is 0.371. The van der Waals surface area contributed by atoms with Crippen molar-refractivity contribution in [2.24, 2.45) is 0 Å². The molecule has 15 heavy (non-hydrogen) atoms. The highest BCUT2D eigenvalue weighted by molar-refractivity contribution is 9.08. The summed E-state index contributed by atoms with van der Waals surface area (Å²) in [5.74, 6) is -1.49. The number of nitro groups is 1. The van der Waals surface area contributed by atoms with Gasteiger partial charge >= 0.3 is 5.69 Å². The van der Waals surface area contributed by atoms with Crippen molar-refractivity contribution in [1.29, 1.82) is 0 Å². The van der Waals surface area contributed by atoms with Crippen molar-refractivity contribution < 1.29 is 18.1 Å². The van der Waals surface area contributed by atoms with Gasteiger partial charge in [0, 0.05) is 5.33 Å². The van der Waals surface area contributed by atoms with Crippen molar-refractivity contribution >= 4 is 21.6 Å². The zero-order chi connectivity index (χ0) is 11.6. The first-order valence-corrected chi connectivity index (χ1v) is 4.77. The molecule has 82 valence electrons. The molecule has 1 rings (SSSR count). The number of aromatic nitrogens is 1. The molecule has 0 radical (unpaired) electrons. The Hall–Kier alpha value is -1.18. The monoisotopic (exact) mass is 284 g/mol. The fraction of sp³-hybridized carbons (Fsp3) is 0.286. The predicted molar refractivity (Wildman–Crippen MR) is 48.4 cm³/mol. The molecule has 0 saturated heterocycles. The summed E-state index contributed by atoms with van der Waals surface area (Å²) in [6, 6.07) is 0.806. The molecular weight excluding hydrogens is 281 g/mol. The van der Waals surface area contributed by atoms with Gasteiger partial charge in [0.25, 0.3) is 12.4 Å². The molecule has 0 unspecified atom stereocenters. The highest BCUT2D eigenvalue weighted by Crippen LogP contribution is 2.31. The van der Waals surface area contributed by atoms with Crippen molar-refractivity contribution in [1.82, 2.24) is 4.98 Å². The molecular formula is C7H4BrF3N2O2. The second kappa shape index (κ2) is 4.56. The smallest absolute Gasteiger partial charge is 0.258 e. The first-order valence-electron chi connectivity index (χ1n) is 3.65. The SMILES string of the molecule is O=[N+]([O-])c1c(C(F)F)cc(CBr)nc1F. The van der Waals surface area contributed by atoms with E-state index in [9.17, 15) is 23.3 Å². The molecule has 1 aromatic rings. The minimum absolute atomic E-state index is 0.0200. The second-order valence-electron chi connectivity index (χ2n) is 2.53. The zero-order valence-corrected chi connectivity index (χ0v) is 8.67. The van der Waals surface area contributed by atoms with Crippen LogP contribution in [-0.4, -0.2) is 9.91 Å². The van der Waals surface area contributed by atoms with Crippen LogP contribution in [0.5, 0.6) is 0 Å². The summed E-state index contributed by atoms with van der Waals surface area (Å²) in [7, 11) is 0. The number of rotatable bonds is 3. The zero-order valence-electron chi connectivity index (χ0n) is 7.08. The third-order valence-corrected chi connectivity index (χ3v) is 2.16. The first-order chi connectivity index (χ1) is 6.97. The van der Waals surface area contributed by atoms with Crippen LogP contribution in [0.25, 0.3) is 0 Å². The van der Waals surface area contributed by atoms with Crippen LogP contribution in [0.3, 0.4) is 0 Å². The van der Waals surface area contributed by atoms with E-state index in [2.05, 4.69) is 20.9 Å². The van der Waals surface area contributed by atoms with Gasteiger partial charge in [-0.2, -0.15) is 4.39 Å². The Morgan fingerprint density at radius 3 is 2.60 bits per heavy atom. The lowest BCUT2D eigenvalue weighted by atomic mass is 10.2. The van der Waals surface area contributed by atoms with Crippen LogP contribution in [0.15, 0.2) is 6.07 Å². The maximum atomic E-state index is 13.0. The van der Waals surface area contributed by atoms with Gasteiger partial charge in [0.1, 0.15) is 5.56 Å². The third-order valence-electron chi connectivity index (χ3n) is 1.59. The van der Waals surface area contributed by atoms with E-state index in [1.165, 1.54) is 0 Å². The summed E-state index contributed by atoms with van der Waals surface area (Å²) < 4.78 is 37.7. The van der Waals surface area contributed by atoms with Gasteiger partial charge < -0.3 is 0 Å². The molecule has 0 fully saturated rings. The summed E-state index contributed by atoms with van der Waals surface area (Å²) >= 11 is 2.89. The Kier molecular flexibility index (Phi) is 3.61. The molecule has 0 bridgehead atoms. The van der Waals surface area contributed by atoms with Crippen molar-refractivity contribution in [3.05, 3.63) is 33.4 Å². The van der Waals surface area contributed by atoms with E-state index in [4.69, 9.17) is 0 Å². The normalized spacial score (nSPS) is 10.7. The summed E-state index contributed by atoms with van der Waals surface area (Å²) in [5, 5.41) is 10.4. The molecule has 8 heteroatoms. The van der Waals surface area contributed by atoms with Gasteiger partial charge in [-0.25, -0.2) is 13.8 Å². The van der Waals surface area contributed by atoms with Gasteiger partial charge in [0.2, 0.25) is 0 Å². The van der Waals surface area contributed by atoms with Gasteiger partial charge in [0.05, 0.1) is 10.6 Å². The Morgan fingerprint density at radius 1 is 1.60 bits per heavy atom. The summed E-state index contributed by atoms with van der Waals surface area (Å²) in [6.07, 6.45) is -3.11. The molecule has 0 aromatic carbocycles. The molecule has 0 aliphatic rings. The van der Waals surface area contributed by atoms with E-state index in [0.717, 1.165) is 6.07 Å². The van der Waals surface area contributed by atoms with E-state index in [1.54, 1.807) is 0 Å². The molecule has 0 aliphatic carbocycles. The highest BCUT2D eigenvalue weighted by atomic mass is 79.9. The van der Waals surface area contributed by atoms with Crippen LogP contribution >= 0.6 is 15.9 Å². The summed E-state index contributed by atoms with van der Waals surface area (Å²) in [4.78, 5) is 12.3. The number of pyridine rings is 1. The Balaban J connectivity index is 3.42. The largest absolute Gasteiger partial charge is 0.332 e. The van der Waals surface area contributed by atoms with Gasteiger partial charge in [-0.05, 0) is 6.07 Å². The number of nitrogens with zero attached hydrogens (tertiary/aromatic N) is 2. The Morgan fingerprint density at radius 2 is 2.20 bits per heavy atom. The molecule has 1 aromatic heterocycles. The maximum absolute atomic E-state index is 13.0. The standard InChI is InChI=1S/C7H4BrF3N2O2/c8-2-3-1-4(6(9)10)5(13(14)15)7(11)12-3/h1,6H,2H2. The maximum Gasteiger partial charge on any atom is 0.332 e. The van der Waals surface area contributed by atoms with Crippen molar-refractivity contribution in [2.45, 2.75) is 11.8 Å². The van der Waals surface area contributed by atoms with E-state index < -0.39 is 28.5 Å². The van der Waals surface area contributed by atoms with E-state index in [-0.39, 0.29) is 11.0 Å². The molecule has 0 atom stereocenters. The first kappa shape index (κ1) is 11.9. The molecule has 1 heterocycles. The minimum Gasteiger partial charge on any atom is -0.258 e. The molecule has 0 N–H and O–H groups in total. The van der Waals surface area contributed by atoms with Crippen LogP contribution in [0.4, 0.5) is 18.9 Å². The van der Waals surface area contributed by atoms with Crippen LogP contribution in [0.2, 0.25) is 0 Å². The third kappa shape index (κ3) is 2.44. The van der Waals surface area contributed by atoms with Crippen LogP contribution < -0.4 is 0 Å². The fourth-order valence-corrected chi connectivity index (χ4v) is 1.28. The van der Waals surface area contributed by atoms with Gasteiger partial charge in [-0.3, -0.25) is 10.1 Å². The summed E-state index contributed by atoms with van der Waals surface area (Å²) in [5.41, 5.74) is -2.25. The molecule has 0 amide bonds. The average molecular weight is 285 g/mol. The fourth-order valence-electron chi connectivity index (χ4n) is 0.994. The van der Waals surface area contributed by atoms with Crippen LogP contribution in [-0.2, 0) is 5.33 Å². The number of alkyl halides is 3. The molecule has 0 aliphatic heterocycles. The van der Waals surface area contributed by atoms with Gasteiger partial charge in [-0.1, -0.05) is 15.9 Å². The lowest BCUT2D eigenvalue weighted by Gasteiger charge is -2.03. The number of halogens is 4. The lowest BCUT2D eigenvalue weighted by Crippen LogP contribution is -2.04. The Bertz CT molecular complexity index is 400. The van der Waals surface area contributed by atoms with Crippen LogP contribution in [0.1, 0.15) is 17.7 Å². The summed E-state index contributed by atoms with van der Waals surface area (Å²) in [6.45, 7) is 0. The van der Waals surface area contributed by atoms with Crippen LogP contribution in [0, 0.1) is 16.1 Å². The highest BCUT2D eigenvalue weighted by Gasteiger charge is 2.28. The number of hydrogen-bond acceptors (Lipinski definition) is 3. The van der Waals surface area contributed by atoms with Crippen molar-refractivity contribution in [2.75, 3.05) is 0 Å². The predicted octanol–water partition coefficient (Wildman–Crippen LogP) is 2.96. The van der Waals surface area contributed by atoms with Gasteiger partial charge in [0.15, 0.2) is 0 Å². The minimum atomic E-state index is -3.11. The topological polar surface area (TPSA) is 56.0 Å². The molecule has 0 spiro atoms. The van der Waals surface area contributed by atoms with E-state index >= 15 is 0 Å². The van der Waals surface area contributed by atoms with Gasteiger partial charge in [-0.15, -0.1) is 0 Å².